The Morgan fingerprint density at radius 3 is 2.83 bits per heavy atom. The quantitative estimate of drug-likeness (QED) is 0.661. The molecule has 0 radical (unpaired) electrons. The third kappa shape index (κ3) is 2.45. The minimum atomic E-state index is -0.443. The summed E-state index contributed by atoms with van der Waals surface area (Å²) in [6, 6.07) is 3.02. The van der Waals surface area contributed by atoms with Crippen LogP contribution in [0, 0.1) is 17.0 Å². The van der Waals surface area contributed by atoms with Gasteiger partial charge in [-0.05, 0) is 19.9 Å². The van der Waals surface area contributed by atoms with Gasteiger partial charge in [0.1, 0.15) is 11.5 Å². The van der Waals surface area contributed by atoms with Crippen molar-refractivity contribution in [3.8, 4) is 0 Å². The first-order chi connectivity index (χ1) is 8.60. The Hall–Kier alpha value is -2.44. The highest BCUT2D eigenvalue weighted by Gasteiger charge is 2.11. The first-order valence-corrected chi connectivity index (χ1v) is 5.51. The summed E-state index contributed by atoms with van der Waals surface area (Å²) in [6.07, 6.45) is 3.53. The number of nitro groups is 1. The van der Waals surface area contributed by atoms with Crippen LogP contribution in [0.25, 0.3) is 0 Å². The number of aryl methyl sites for hydroxylation is 2. The molecule has 2 aromatic rings. The van der Waals surface area contributed by atoms with Crippen LogP contribution in [0.4, 0.5) is 17.2 Å². The van der Waals surface area contributed by atoms with Crippen molar-refractivity contribution in [3.05, 3.63) is 40.3 Å². The van der Waals surface area contributed by atoms with E-state index < -0.39 is 4.92 Å². The molecule has 0 saturated heterocycles. The summed E-state index contributed by atoms with van der Waals surface area (Å²) in [4.78, 5) is 14.4. The van der Waals surface area contributed by atoms with Crippen LogP contribution in [0.2, 0.25) is 0 Å². The Balaban J connectivity index is 2.19. The molecule has 2 heterocycles. The molecule has 0 atom stereocenters. The van der Waals surface area contributed by atoms with Gasteiger partial charge in [0, 0.05) is 18.8 Å². The van der Waals surface area contributed by atoms with Crippen molar-refractivity contribution in [2.24, 2.45) is 0 Å². The van der Waals surface area contributed by atoms with Crippen LogP contribution in [-0.2, 0) is 6.54 Å². The molecule has 0 aromatic carbocycles. The fourth-order valence-corrected chi connectivity index (χ4v) is 1.57. The van der Waals surface area contributed by atoms with E-state index >= 15 is 0 Å². The third-order valence-corrected chi connectivity index (χ3v) is 2.48. The Kier molecular flexibility index (Phi) is 3.22. The number of rotatable bonds is 4. The second kappa shape index (κ2) is 4.82. The SMILES string of the molecule is CCn1cc(Nc2ccc([N+](=O)[O-])c(C)n2)cn1. The predicted octanol–water partition coefficient (Wildman–Crippen LogP) is 2.26. The minimum absolute atomic E-state index is 0.0183. The molecule has 1 N–H and O–H groups in total. The van der Waals surface area contributed by atoms with Gasteiger partial charge in [0.05, 0.1) is 16.8 Å². The van der Waals surface area contributed by atoms with Gasteiger partial charge in [-0.2, -0.15) is 5.10 Å². The number of nitrogens with zero attached hydrogens (tertiary/aromatic N) is 4. The Morgan fingerprint density at radius 1 is 1.50 bits per heavy atom. The smallest absolute Gasteiger partial charge is 0.290 e. The highest BCUT2D eigenvalue weighted by molar-refractivity contribution is 5.56. The molecule has 94 valence electrons. The molecule has 0 aliphatic heterocycles. The maximum Gasteiger partial charge on any atom is 0.290 e. The maximum absolute atomic E-state index is 10.7. The predicted molar refractivity (Wildman–Crippen MR) is 66.8 cm³/mol. The molecular formula is C11H13N5O2. The number of pyridine rings is 1. The van der Waals surface area contributed by atoms with E-state index in [0.717, 1.165) is 12.2 Å². The second-order valence-corrected chi connectivity index (χ2v) is 3.77. The third-order valence-electron chi connectivity index (χ3n) is 2.48. The summed E-state index contributed by atoms with van der Waals surface area (Å²) in [5.41, 5.74) is 1.20. The standard InChI is InChI=1S/C11H13N5O2/c1-3-15-7-9(6-12-15)14-11-5-4-10(16(17)18)8(2)13-11/h4-7H,3H2,1-2H3,(H,13,14). The Labute approximate surface area is 104 Å². The molecule has 0 aliphatic rings. The van der Waals surface area contributed by atoms with Crippen LogP contribution >= 0.6 is 0 Å². The average molecular weight is 247 g/mol. The highest BCUT2D eigenvalue weighted by atomic mass is 16.6. The second-order valence-electron chi connectivity index (χ2n) is 3.77. The van der Waals surface area contributed by atoms with Gasteiger partial charge in [-0.3, -0.25) is 14.8 Å². The molecule has 2 aromatic heterocycles. The van der Waals surface area contributed by atoms with E-state index in [-0.39, 0.29) is 5.69 Å². The molecule has 0 aliphatic carbocycles. The van der Waals surface area contributed by atoms with E-state index in [4.69, 9.17) is 0 Å². The van der Waals surface area contributed by atoms with Gasteiger partial charge in [-0.25, -0.2) is 4.98 Å². The van der Waals surface area contributed by atoms with E-state index in [1.807, 2.05) is 13.1 Å². The lowest BCUT2D eigenvalue weighted by atomic mass is 10.3. The summed E-state index contributed by atoms with van der Waals surface area (Å²) in [7, 11) is 0. The first-order valence-electron chi connectivity index (χ1n) is 5.51. The molecule has 0 saturated carbocycles. The van der Waals surface area contributed by atoms with Crippen molar-refractivity contribution in [1.82, 2.24) is 14.8 Å². The zero-order valence-corrected chi connectivity index (χ0v) is 10.1. The summed E-state index contributed by atoms with van der Waals surface area (Å²) in [6.45, 7) is 4.39. The maximum atomic E-state index is 10.7. The zero-order chi connectivity index (χ0) is 13.1. The molecule has 0 amide bonds. The molecule has 0 spiro atoms. The summed E-state index contributed by atoms with van der Waals surface area (Å²) < 4.78 is 1.78. The van der Waals surface area contributed by atoms with Gasteiger partial charge in [0.2, 0.25) is 0 Å². The van der Waals surface area contributed by atoms with E-state index in [2.05, 4.69) is 15.4 Å². The Morgan fingerprint density at radius 2 is 2.28 bits per heavy atom. The van der Waals surface area contributed by atoms with Crippen molar-refractivity contribution in [1.29, 1.82) is 0 Å². The fraction of sp³-hybridized carbons (Fsp3) is 0.273. The van der Waals surface area contributed by atoms with E-state index in [1.54, 1.807) is 23.9 Å². The molecule has 0 unspecified atom stereocenters. The zero-order valence-electron chi connectivity index (χ0n) is 10.1. The van der Waals surface area contributed by atoms with Crippen molar-refractivity contribution in [3.63, 3.8) is 0 Å². The van der Waals surface area contributed by atoms with Crippen LogP contribution in [0.3, 0.4) is 0 Å². The molecule has 2 rings (SSSR count). The number of nitrogens with one attached hydrogen (secondary N) is 1. The summed E-state index contributed by atoms with van der Waals surface area (Å²) in [5, 5.41) is 17.8. The van der Waals surface area contributed by atoms with Crippen LogP contribution in [0.1, 0.15) is 12.6 Å². The fourth-order valence-electron chi connectivity index (χ4n) is 1.57. The average Bonchev–Trinajstić information content (AvgIpc) is 2.76. The number of hydrogen-bond acceptors (Lipinski definition) is 5. The van der Waals surface area contributed by atoms with Crippen LogP contribution in [0.15, 0.2) is 24.5 Å². The molecule has 7 nitrogen and oxygen atoms in total. The van der Waals surface area contributed by atoms with Crippen molar-refractivity contribution < 1.29 is 4.92 Å². The van der Waals surface area contributed by atoms with Gasteiger partial charge >= 0.3 is 0 Å². The number of aromatic nitrogens is 3. The van der Waals surface area contributed by atoms with E-state index in [9.17, 15) is 10.1 Å². The Bertz CT molecular complexity index is 579. The highest BCUT2D eigenvalue weighted by Crippen LogP contribution is 2.20. The lowest BCUT2D eigenvalue weighted by Gasteiger charge is -2.03. The molecular weight excluding hydrogens is 234 g/mol. The lowest BCUT2D eigenvalue weighted by molar-refractivity contribution is -0.385. The molecule has 0 fully saturated rings. The van der Waals surface area contributed by atoms with Crippen molar-refractivity contribution in [2.45, 2.75) is 20.4 Å². The van der Waals surface area contributed by atoms with Crippen LogP contribution < -0.4 is 5.32 Å². The van der Waals surface area contributed by atoms with Crippen LogP contribution in [0.5, 0.6) is 0 Å². The largest absolute Gasteiger partial charge is 0.338 e. The molecule has 0 bridgehead atoms. The van der Waals surface area contributed by atoms with E-state index in [0.29, 0.717) is 11.5 Å². The lowest BCUT2D eigenvalue weighted by Crippen LogP contribution is -1.98. The van der Waals surface area contributed by atoms with E-state index in [1.165, 1.54) is 6.07 Å². The van der Waals surface area contributed by atoms with Gasteiger partial charge in [0.25, 0.3) is 5.69 Å². The molecule has 7 heteroatoms. The number of hydrogen-bond donors (Lipinski definition) is 1. The van der Waals surface area contributed by atoms with Gasteiger partial charge in [-0.1, -0.05) is 0 Å². The van der Waals surface area contributed by atoms with Gasteiger partial charge in [0.15, 0.2) is 0 Å². The van der Waals surface area contributed by atoms with Crippen LogP contribution in [-0.4, -0.2) is 19.7 Å². The minimum Gasteiger partial charge on any atom is -0.338 e. The summed E-state index contributed by atoms with van der Waals surface area (Å²) in [5.74, 6) is 0.564. The van der Waals surface area contributed by atoms with Crippen molar-refractivity contribution in [2.75, 3.05) is 5.32 Å². The van der Waals surface area contributed by atoms with Crippen molar-refractivity contribution >= 4 is 17.2 Å². The topological polar surface area (TPSA) is 85.9 Å². The van der Waals surface area contributed by atoms with Gasteiger partial charge < -0.3 is 5.32 Å². The number of anilines is 2. The monoisotopic (exact) mass is 247 g/mol. The molecule has 18 heavy (non-hydrogen) atoms. The first kappa shape index (κ1) is 12.0. The van der Waals surface area contributed by atoms with Gasteiger partial charge in [-0.15, -0.1) is 0 Å². The summed E-state index contributed by atoms with van der Waals surface area (Å²) >= 11 is 0. The normalized spacial score (nSPS) is 10.3.